The number of fused-ring (bicyclic) bond motifs is 1. The fraction of sp³-hybridized carbons (Fsp3) is 0.333. The Morgan fingerprint density at radius 1 is 1.31 bits per heavy atom. The molecule has 2 rings (SSSR count). The van der Waals surface area contributed by atoms with E-state index in [0.717, 1.165) is 25.1 Å². The Kier molecular flexibility index (Phi) is 3.58. The van der Waals surface area contributed by atoms with Gasteiger partial charge in [-0.3, -0.25) is 4.90 Å². The second-order valence-electron chi connectivity index (χ2n) is 4.41. The summed E-state index contributed by atoms with van der Waals surface area (Å²) >= 11 is 0. The van der Waals surface area contributed by atoms with Crippen molar-refractivity contribution in [2.45, 2.75) is 19.4 Å². The molecule has 0 fully saturated rings. The van der Waals surface area contributed by atoms with Crippen LogP contribution < -0.4 is 0 Å². The van der Waals surface area contributed by atoms with Crippen LogP contribution in [0.5, 0.6) is 0 Å². The van der Waals surface area contributed by atoms with Gasteiger partial charge in [0.15, 0.2) is 0 Å². The van der Waals surface area contributed by atoms with E-state index in [1.165, 1.54) is 24.1 Å². The SMILES string of the molecule is C=CC(=C)CCN1CCc2ccccc2C1. The molecule has 0 N–H and O–H groups in total. The van der Waals surface area contributed by atoms with Crippen LogP contribution in [-0.2, 0) is 13.0 Å². The summed E-state index contributed by atoms with van der Waals surface area (Å²) in [5.41, 5.74) is 4.14. The third-order valence-electron chi connectivity index (χ3n) is 3.25. The van der Waals surface area contributed by atoms with E-state index in [2.05, 4.69) is 42.3 Å². The average molecular weight is 213 g/mol. The van der Waals surface area contributed by atoms with E-state index in [1.807, 2.05) is 6.08 Å². The van der Waals surface area contributed by atoms with Crippen molar-refractivity contribution in [3.63, 3.8) is 0 Å². The van der Waals surface area contributed by atoms with Crippen molar-refractivity contribution < 1.29 is 0 Å². The van der Waals surface area contributed by atoms with E-state index in [4.69, 9.17) is 0 Å². The highest BCUT2D eigenvalue weighted by Crippen LogP contribution is 2.18. The maximum absolute atomic E-state index is 3.96. The number of allylic oxidation sites excluding steroid dienone is 1. The van der Waals surface area contributed by atoms with Crippen LogP contribution in [0.4, 0.5) is 0 Å². The highest BCUT2D eigenvalue weighted by Gasteiger charge is 2.14. The Hall–Kier alpha value is -1.34. The second-order valence-corrected chi connectivity index (χ2v) is 4.41. The van der Waals surface area contributed by atoms with E-state index in [0.29, 0.717) is 0 Å². The highest BCUT2D eigenvalue weighted by molar-refractivity contribution is 5.29. The molecule has 84 valence electrons. The van der Waals surface area contributed by atoms with Crippen molar-refractivity contribution in [1.82, 2.24) is 4.90 Å². The first kappa shape index (κ1) is 11.2. The quantitative estimate of drug-likeness (QED) is 0.694. The van der Waals surface area contributed by atoms with E-state index >= 15 is 0 Å². The topological polar surface area (TPSA) is 3.24 Å². The summed E-state index contributed by atoms with van der Waals surface area (Å²) in [6.07, 6.45) is 4.07. The Morgan fingerprint density at radius 2 is 2.06 bits per heavy atom. The largest absolute Gasteiger partial charge is 0.298 e. The van der Waals surface area contributed by atoms with Crippen LogP contribution >= 0.6 is 0 Å². The molecule has 0 unspecified atom stereocenters. The molecule has 0 radical (unpaired) electrons. The highest BCUT2D eigenvalue weighted by atomic mass is 15.1. The number of hydrogen-bond acceptors (Lipinski definition) is 1. The predicted octanol–water partition coefficient (Wildman–Crippen LogP) is 3.18. The third kappa shape index (κ3) is 2.61. The lowest BCUT2D eigenvalue weighted by molar-refractivity contribution is 0.258. The van der Waals surface area contributed by atoms with Gasteiger partial charge in [-0.2, -0.15) is 0 Å². The molecular weight excluding hydrogens is 194 g/mol. The molecule has 0 spiro atoms. The van der Waals surface area contributed by atoms with E-state index in [-0.39, 0.29) is 0 Å². The first-order valence-corrected chi connectivity index (χ1v) is 5.89. The first-order valence-electron chi connectivity index (χ1n) is 5.89. The lowest BCUT2D eigenvalue weighted by Crippen LogP contribution is -2.31. The van der Waals surface area contributed by atoms with Gasteiger partial charge in [-0.05, 0) is 24.0 Å². The molecule has 0 bridgehead atoms. The van der Waals surface area contributed by atoms with Gasteiger partial charge < -0.3 is 0 Å². The molecule has 0 saturated carbocycles. The van der Waals surface area contributed by atoms with Crippen LogP contribution in [0, 0.1) is 0 Å². The zero-order valence-electron chi connectivity index (χ0n) is 9.78. The van der Waals surface area contributed by atoms with Gasteiger partial charge in [0.2, 0.25) is 0 Å². The molecule has 1 heteroatoms. The van der Waals surface area contributed by atoms with Gasteiger partial charge in [-0.15, -0.1) is 0 Å². The minimum absolute atomic E-state index is 1.03. The second kappa shape index (κ2) is 5.13. The van der Waals surface area contributed by atoms with Gasteiger partial charge >= 0.3 is 0 Å². The Balaban J connectivity index is 1.93. The maximum Gasteiger partial charge on any atom is 0.0236 e. The zero-order valence-corrected chi connectivity index (χ0v) is 9.78. The summed E-state index contributed by atoms with van der Waals surface area (Å²) < 4.78 is 0. The fourth-order valence-corrected chi connectivity index (χ4v) is 2.15. The Morgan fingerprint density at radius 3 is 2.81 bits per heavy atom. The maximum atomic E-state index is 3.96. The first-order chi connectivity index (χ1) is 7.79. The van der Waals surface area contributed by atoms with Crippen molar-refractivity contribution in [2.24, 2.45) is 0 Å². The third-order valence-corrected chi connectivity index (χ3v) is 3.25. The van der Waals surface area contributed by atoms with Gasteiger partial charge in [0, 0.05) is 19.6 Å². The minimum atomic E-state index is 1.03. The van der Waals surface area contributed by atoms with Crippen LogP contribution in [0.2, 0.25) is 0 Å². The summed E-state index contributed by atoms with van der Waals surface area (Å²) in [6, 6.07) is 8.75. The van der Waals surface area contributed by atoms with Gasteiger partial charge in [-0.25, -0.2) is 0 Å². The number of nitrogens with zero attached hydrogens (tertiary/aromatic N) is 1. The average Bonchev–Trinajstić information content (AvgIpc) is 2.35. The number of rotatable bonds is 4. The number of hydrogen-bond donors (Lipinski definition) is 0. The van der Waals surface area contributed by atoms with Gasteiger partial charge in [0.05, 0.1) is 0 Å². The molecule has 1 aromatic carbocycles. The minimum Gasteiger partial charge on any atom is -0.298 e. The summed E-state index contributed by atoms with van der Waals surface area (Å²) in [4.78, 5) is 2.50. The molecule has 1 nitrogen and oxygen atoms in total. The van der Waals surface area contributed by atoms with Crippen LogP contribution in [0.3, 0.4) is 0 Å². The van der Waals surface area contributed by atoms with E-state index in [9.17, 15) is 0 Å². The smallest absolute Gasteiger partial charge is 0.0236 e. The molecular formula is C15H19N. The molecule has 1 aliphatic rings. The standard InChI is InChI=1S/C15H19N/c1-3-13(2)8-10-16-11-9-14-6-4-5-7-15(14)12-16/h3-7H,1-2,8-12H2. The van der Waals surface area contributed by atoms with Crippen molar-refractivity contribution in [2.75, 3.05) is 13.1 Å². The van der Waals surface area contributed by atoms with Crippen LogP contribution in [0.15, 0.2) is 49.1 Å². The summed E-state index contributed by atoms with van der Waals surface area (Å²) in [5.74, 6) is 0. The lowest BCUT2D eigenvalue weighted by atomic mass is 9.99. The van der Waals surface area contributed by atoms with Crippen molar-refractivity contribution in [1.29, 1.82) is 0 Å². The molecule has 0 amide bonds. The van der Waals surface area contributed by atoms with Crippen molar-refractivity contribution in [3.8, 4) is 0 Å². The predicted molar refractivity (Wildman–Crippen MR) is 69.4 cm³/mol. The summed E-state index contributed by atoms with van der Waals surface area (Å²) in [5, 5.41) is 0. The molecule has 1 aromatic rings. The summed E-state index contributed by atoms with van der Waals surface area (Å²) in [6.45, 7) is 11.0. The van der Waals surface area contributed by atoms with E-state index in [1.54, 1.807) is 0 Å². The molecule has 0 saturated heterocycles. The lowest BCUT2D eigenvalue weighted by Gasteiger charge is -2.28. The molecule has 1 aliphatic heterocycles. The Labute approximate surface area is 98.1 Å². The van der Waals surface area contributed by atoms with Gasteiger partial charge in [0.25, 0.3) is 0 Å². The number of benzene rings is 1. The normalized spacial score (nSPS) is 15.5. The van der Waals surface area contributed by atoms with Crippen molar-refractivity contribution >= 4 is 0 Å². The van der Waals surface area contributed by atoms with Crippen LogP contribution in [-0.4, -0.2) is 18.0 Å². The Bertz CT molecular complexity index is 392. The molecule has 16 heavy (non-hydrogen) atoms. The van der Waals surface area contributed by atoms with Crippen molar-refractivity contribution in [3.05, 3.63) is 60.2 Å². The fourth-order valence-electron chi connectivity index (χ4n) is 2.15. The van der Waals surface area contributed by atoms with Crippen LogP contribution in [0.1, 0.15) is 17.5 Å². The molecule has 0 atom stereocenters. The van der Waals surface area contributed by atoms with Gasteiger partial charge in [0.1, 0.15) is 0 Å². The molecule has 0 aliphatic carbocycles. The monoisotopic (exact) mass is 213 g/mol. The zero-order chi connectivity index (χ0) is 11.4. The summed E-state index contributed by atoms with van der Waals surface area (Å²) in [7, 11) is 0. The van der Waals surface area contributed by atoms with Crippen LogP contribution in [0.25, 0.3) is 0 Å². The van der Waals surface area contributed by atoms with E-state index < -0.39 is 0 Å². The molecule has 0 aromatic heterocycles. The molecule has 1 heterocycles. The van der Waals surface area contributed by atoms with Gasteiger partial charge in [-0.1, -0.05) is 49.1 Å².